The quantitative estimate of drug-likeness (QED) is 0.226. The number of anilines is 1. The first kappa shape index (κ1) is 17.7. The lowest BCUT2D eigenvalue weighted by Gasteiger charge is -2.06. The Balaban J connectivity index is 2.60. The molecule has 0 saturated carbocycles. The first-order chi connectivity index (χ1) is 11.1. The summed E-state index contributed by atoms with van der Waals surface area (Å²) in [6, 6.07) is 7.47. The standard InChI is InChI=1S/C15H16N4O4/c16-8-12(9-17-5-2-6-18-10-20)14(21)19-13-4-1-3-11(7-13)15(22)23/h1,3-4,7,9-10,17H,2,5-6H2,(H,18,20)(H,19,21)(H,22,23)/b12-9-. The molecule has 0 heterocycles. The molecule has 0 saturated heterocycles. The van der Waals surface area contributed by atoms with Crippen LogP contribution in [0, 0.1) is 11.3 Å². The zero-order valence-electron chi connectivity index (χ0n) is 12.2. The maximum absolute atomic E-state index is 11.9. The molecule has 1 aromatic rings. The molecule has 0 aliphatic heterocycles. The van der Waals surface area contributed by atoms with Gasteiger partial charge in [0.1, 0.15) is 11.6 Å². The zero-order chi connectivity index (χ0) is 17.1. The van der Waals surface area contributed by atoms with Gasteiger partial charge in [-0.2, -0.15) is 5.26 Å². The molecule has 0 radical (unpaired) electrons. The smallest absolute Gasteiger partial charge is 0.335 e. The number of hydrogen-bond acceptors (Lipinski definition) is 5. The van der Waals surface area contributed by atoms with Crippen molar-refractivity contribution in [2.45, 2.75) is 6.42 Å². The van der Waals surface area contributed by atoms with Crippen molar-refractivity contribution in [1.82, 2.24) is 10.6 Å². The Bertz CT molecular complexity index is 649. The molecular weight excluding hydrogens is 300 g/mol. The molecule has 1 aromatic carbocycles. The third kappa shape index (κ3) is 6.31. The van der Waals surface area contributed by atoms with Gasteiger partial charge in [0.05, 0.1) is 5.56 Å². The van der Waals surface area contributed by atoms with E-state index in [1.165, 1.54) is 30.5 Å². The van der Waals surface area contributed by atoms with Gasteiger partial charge in [0.15, 0.2) is 0 Å². The summed E-state index contributed by atoms with van der Waals surface area (Å²) in [5, 5.41) is 25.6. The number of nitrogens with one attached hydrogen (secondary N) is 3. The minimum Gasteiger partial charge on any atom is -0.478 e. The molecule has 0 spiro atoms. The van der Waals surface area contributed by atoms with Gasteiger partial charge in [-0.1, -0.05) is 6.07 Å². The van der Waals surface area contributed by atoms with Crippen molar-refractivity contribution in [2.24, 2.45) is 0 Å². The summed E-state index contributed by atoms with van der Waals surface area (Å²) in [4.78, 5) is 32.9. The van der Waals surface area contributed by atoms with Crippen molar-refractivity contribution in [3.8, 4) is 6.07 Å². The van der Waals surface area contributed by atoms with Crippen molar-refractivity contribution >= 4 is 24.0 Å². The Hall–Kier alpha value is -3.34. The van der Waals surface area contributed by atoms with E-state index in [2.05, 4.69) is 16.0 Å². The van der Waals surface area contributed by atoms with Crippen molar-refractivity contribution < 1.29 is 19.5 Å². The second kappa shape index (κ2) is 9.57. The van der Waals surface area contributed by atoms with E-state index in [9.17, 15) is 14.4 Å². The second-order valence-corrected chi connectivity index (χ2v) is 4.39. The number of benzene rings is 1. The highest BCUT2D eigenvalue weighted by Crippen LogP contribution is 2.11. The summed E-state index contributed by atoms with van der Waals surface area (Å²) in [7, 11) is 0. The highest BCUT2D eigenvalue weighted by Gasteiger charge is 2.10. The third-order valence-corrected chi connectivity index (χ3v) is 2.70. The molecule has 0 fully saturated rings. The second-order valence-electron chi connectivity index (χ2n) is 4.39. The summed E-state index contributed by atoms with van der Waals surface area (Å²) in [5.41, 5.74) is 0.173. The molecule has 23 heavy (non-hydrogen) atoms. The third-order valence-electron chi connectivity index (χ3n) is 2.70. The van der Waals surface area contributed by atoms with Gasteiger partial charge in [0.2, 0.25) is 6.41 Å². The average molecular weight is 316 g/mol. The van der Waals surface area contributed by atoms with Crippen LogP contribution in [0.3, 0.4) is 0 Å². The Morgan fingerprint density at radius 3 is 2.65 bits per heavy atom. The molecule has 0 unspecified atom stereocenters. The highest BCUT2D eigenvalue weighted by atomic mass is 16.4. The number of rotatable bonds is 9. The predicted molar refractivity (Wildman–Crippen MR) is 82.4 cm³/mol. The molecule has 1 rings (SSSR count). The Labute approximate surface area is 132 Å². The van der Waals surface area contributed by atoms with Crippen LogP contribution >= 0.6 is 0 Å². The van der Waals surface area contributed by atoms with Crippen molar-refractivity contribution in [1.29, 1.82) is 5.26 Å². The SMILES string of the molecule is N#C/C(=C/NCCCNC=O)C(=O)Nc1cccc(C(=O)O)c1. The molecule has 0 atom stereocenters. The van der Waals surface area contributed by atoms with Crippen LogP contribution in [0.15, 0.2) is 36.0 Å². The van der Waals surface area contributed by atoms with E-state index in [-0.39, 0.29) is 16.8 Å². The number of carbonyl (C=O) groups is 3. The van der Waals surface area contributed by atoms with Gasteiger partial charge in [-0.25, -0.2) is 4.79 Å². The fourth-order valence-corrected chi connectivity index (χ4v) is 1.60. The number of hydrogen-bond donors (Lipinski definition) is 4. The summed E-state index contributed by atoms with van der Waals surface area (Å²) in [6.45, 7) is 0.966. The lowest BCUT2D eigenvalue weighted by atomic mass is 10.2. The zero-order valence-corrected chi connectivity index (χ0v) is 12.2. The molecule has 4 N–H and O–H groups in total. The van der Waals surface area contributed by atoms with E-state index in [0.29, 0.717) is 25.9 Å². The summed E-state index contributed by atoms with van der Waals surface area (Å²) >= 11 is 0. The molecule has 8 heteroatoms. The minimum absolute atomic E-state index is 0.0334. The largest absolute Gasteiger partial charge is 0.478 e. The van der Waals surface area contributed by atoms with Crippen molar-refractivity contribution in [3.05, 3.63) is 41.6 Å². The Kier molecular flexibility index (Phi) is 7.37. The molecule has 0 aliphatic rings. The maximum atomic E-state index is 11.9. The number of nitriles is 1. The van der Waals surface area contributed by atoms with E-state index in [4.69, 9.17) is 10.4 Å². The highest BCUT2D eigenvalue weighted by molar-refractivity contribution is 6.06. The van der Waals surface area contributed by atoms with Crippen LogP contribution in [0.4, 0.5) is 5.69 Å². The summed E-state index contributed by atoms with van der Waals surface area (Å²) in [6.07, 6.45) is 2.50. The maximum Gasteiger partial charge on any atom is 0.335 e. The van der Waals surface area contributed by atoms with Crippen LogP contribution in [0.2, 0.25) is 0 Å². The number of amides is 2. The molecule has 2 amide bonds. The van der Waals surface area contributed by atoms with E-state index < -0.39 is 11.9 Å². The lowest BCUT2D eigenvalue weighted by molar-refractivity contribution is -0.112. The summed E-state index contributed by atoms with van der Waals surface area (Å²) < 4.78 is 0. The Morgan fingerprint density at radius 2 is 2.00 bits per heavy atom. The first-order valence-corrected chi connectivity index (χ1v) is 6.74. The van der Waals surface area contributed by atoms with E-state index in [0.717, 1.165) is 0 Å². The lowest BCUT2D eigenvalue weighted by Crippen LogP contribution is -2.20. The predicted octanol–water partition coefficient (Wildman–Crippen LogP) is 0.456. The normalized spacial score (nSPS) is 10.3. The van der Waals surface area contributed by atoms with Gasteiger partial charge in [-0.05, 0) is 24.6 Å². The molecule has 0 aliphatic carbocycles. The van der Waals surface area contributed by atoms with E-state index in [1.807, 2.05) is 0 Å². The minimum atomic E-state index is -1.11. The van der Waals surface area contributed by atoms with Gasteiger partial charge in [0, 0.05) is 25.0 Å². The van der Waals surface area contributed by atoms with Crippen LogP contribution in [-0.2, 0) is 9.59 Å². The van der Waals surface area contributed by atoms with Crippen LogP contribution in [0.1, 0.15) is 16.8 Å². The van der Waals surface area contributed by atoms with Gasteiger partial charge >= 0.3 is 5.97 Å². The number of nitrogens with zero attached hydrogens (tertiary/aromatic N) is 1. The van der Waals surface area contributed by atoms with Crippen LogP contribution in [-0.4, -0.2) is 36.5 Å². The van der Waals surface area contributed by atoms with Crippen LogP contribution in [0.5, 0.6) is 0 Å². The molecule has 0 bridgehead atoms. The molecule has 0 aromatic heterocycles. The Morgan fingerprint density at radius 1 is 1.26 bits per heavy atom. The topological polar surface area (TPSA) is 131 Å². The fourth-order valence-electron chi connectivity index (χ4n) is 1.60. The number of carbonyl (C=O) groups excluding carboxylic acids is 2. The number of carboxylic acids is 1. The molecule has 8 nitrogen and oxygen atoms in total. The van der Waals surface area contributed by atoms with Gasteiger partial charge < -0.3 is 21.1 Å². The van der Waals surface area contributed by atoms with Crippen molar-refractivity contribution in [2.75, 3.05) is 18.4 Å². The van der Waals surface area contributed by atoms with Gasteiger partial charge in [0.25, 0.3) is 5.91 Å². The number of carboxylic acid groups (broad SMARTS) is 1. The van der Waals surface area contributed by atoms with E-state index >= 15 is 0 Å². The van der Waals surface area contributed by atoms with Gasteiger partial charge in [-0.15, -0.1) is 0 Å². The number of aromatic carboxylic acids is 1. The molecular formula is C15H16N4O4. The van der Waals surface area contributed by atoms with Gasteiger partial charge in [-0.3, -0.25) is 9.59 Å². The first-order valence-electron chi connectivity index (χ1n) is 6.74. The van der Waals surface area contributed by atoms with Crippen molar-refractivity contribution in [3.63, 3.8) is 0 Å². The summed E-state index contributed by atoms with van der Waals surface area (Å²) in [5.74, 6) is -1.75. The average Bonchev–Trinajstić information content (AvgIpc) is 2.54. The fraction of sp³-hybridized carbons (Fsp3) is 0.200. The van der Waals surface area contributed by atoms with Crippen LogP contribution in [0.25, 0.3) is 0 Å². The molecule has 120 valence electrons. The van der Waals surface area contributed by atoms with E-state index in [1.54, 1.807) is 6.07 Å². The monoisotopic (exact) mass is 316 g/mol. The van der Waals surface area contributed by atoms with Crippen LogP contribution < -0.4 is 16.0 Å².